The Balaban J connectivity index is 1.87. The molecule has 88 valence electrons. The summed E-state index contributed by atoms with van der Waals surface area (Å²) >= 11 is 0. The van der Waals surface area contributed by atoms with Crippen molar-refractivity contribution in [1.29, 1.82) is 0 Å². The van der Waals surface area contributed by atoms with Crippen LogP contribution in [0.3, 0.4) is 0 Å². The summed E-state index contributed by atoms with van der Waals surface area (Å²) in [5, 5.41) is 9.51. The molecule has 1 saturated heterocycles. The Kier molecular flexibility index (Phi) is 3.65. The molecule has 0 aromatic heterocycles. The molecule has 2 rings (SSSR count). The highest BCUT2D eigenvalue weighted by molar-refractivity contribution is 4.86. The molecule has 2 fully saturated rings. The van der Waals surface area contributed by atoms with Crippen LogP contribution >= 0.6 is 0 Å². The fourth-order valence-corrected chi connectivity index (χ4v) is 3.09. The monoisotopic (exact) mass is 212 g/mol. The molecule has 1 N–H and O–H groups in total. The van der Waals surface area contributed by atoms with Gasteiger partial charge in [0.25, 0.3) is 0 Å². The van der Waals surface area contributed by atoms with Crippen molar-refractivity contribution in [3.8, 4) is 0 Å². The molecule has 3 nitrogen and oxygen atoms in total. The minimum Gasteiger partial charge on any atom is -0.393 e. The lowest BCUT2D eigenvalue weighted by Crippen LogP contribution is -2.55. The van der Waals surface area contributed by atoms with E-state index >= 15 is 0 Å². The van der Waals surface area contributed by atoms with Crippen LogP contribution in [-0.4, -0.2) is 59.8 Å². The molecular formula is C12H24N2O. The van der Waals surface area contributed by atoms with Gasteiger partial charge < -0.3 is 10.0 Å². The van der Waals surface area contributed by atoms with Crippen LogP contribution in [-0.2, 0) is 0 Å². The van der Waals surface area contributed by atoms with Crippen LogP contribution in [0.2, 0.25) is 0 Å². The molecule has 0 aromatic carbocycles. The highest BCUT2D eigenvalue weighted by Crippen LogP contribution is 2.25. The smallest absolute Gasteiger partial charge is 0.0541 e. The number of rotatable bonds is 1. The van der Waals surface area contributed by atoms with Crippen LogP contribution in [0.25, 0.3) is 0 Å². The Morgan fingerprint density at radius 3 is 2.33 bits per heavy atom. The van der Waals surface area contributed by atoms with E-state index in [1.54, 1.807) is 0 Å². The molecule has 0 aromatic rings. The lowest BCUT2D eigenvalue weighted by atomic mass is 9.90. The predicted octanol–water partition coefficient (Wildman–Crippen LogP) is 0.926. The minimum atomic E-state index is -0.0241. The molecule has 0 radical (unpaired) electrons. The molecule has 3 heteroatoms. The van der Waals surface area contributed by atoms with Gasteiger partial charge in [0, 0.05) is 31.7 Å². The van der Waals surface area contributed by atoms with Gasteiger partial charge in [0.15, 0.2) is 0 Å². The number of hydrogen-bond acceptors (Lipinski definition) is 3. The Bertz CT molecular complexity index is 202. The first-order chi connectivity index (χ1) is 7.16. The van der Waals surface area contributed by atoms with Crippen LogP contribution in [0.4, 0.5) is 0 Å². The van der Waals surface area contributed by atoms with E-state index < -0.39 is 0 Å². The van der Waals surface area contributed by atoms with E-state index in [4.69, 9.17) is 0 Å². The number of likely N-dealkylation sites (N-methyl/N-ethyl adjacent to an activating group) is 1. The van der Waals surface area contributed by atoms with Gasteiger partial charge in [-0.2, -0.15) is 0 Å². The van der Waals surface area contributed by atoms with Gasteiger partial charge in [0.1, 0.15) is 0 Å². The third-order valence-corrected chi connectivity index (χ3v) is 4.02. The van der Waals surface area contributed by atoms with Gasteiger partial charge in [-0.05, 0) is 39.7 Å². The summed E-state index contributed by atoms with van der Waals surface area (Å²) in [6, 6.07) is 1.42. The highest BCUT2D eigenvalue weighted by Gasteiger charge is 2.30. The number of aliphatic hydroxyl groups excluding tert-OH is 1. The van der Waals surface area contributed by atoms with Crippen molar-refractivity contribution in [2.24, 2.45) is 0 Å². The summed E-state index contributed by atoms with van der Waals surface area (Å²) < 4.78 is 0. The minimum absolute atomic E-state index is 0.0241. The highest BCUT2D eigenvalue weighted by atomic mass is 16.3. The van der Waals surface area contributed by atoms with Gasteiger partial charge in [-0.1, -0.05) is 0 Å². The molecule has 1 atom stereocenters. The lowest BCUT2D eigenvalue weighted by Gasteiger charge is -2.44. The molecule has 2 aliphatic rings. The maximum Gasteiger partial charge on any atom is 0.0541 e. The molecule has 0 bridgehead atoms. The van der Waals surface area contributed by atoms with Crippen LogP contribution in [0, 0.1) is 0 Å². The van der Waals surface area contributed by atoms with E-state index in [1.165, 1.54) is 32.5 Å². The van der Waals surface area contributed by atoms with E-state index in [9.17, 15) is 5.11 Å². The zero-order valence-corrected chi connectivity index (χ0v) is 10.0. The quantitative estimate of drug-likeness (QED) is 0.700. The third kappa shape index (κ3) is 2.71. The molecule has 1 heterocycles. The van der Waals surface area contributed by atoms with Gasteiger partial charge in [0.2, 0.25) is 0 Å². The molecule has 15 heavy (non-hydrogen) atoms. The second-order valence-electron chi connectivity index (χ2n) is 5.31. The topological polar surface area (TPSA) is 26.7 Å². The van der Waals surface area contributed by atoms with Crippen molar-refractivity contribution >= 4 is 0 Å². The Morgan fingerprint density at radius 1 is 1.07 bits per heavy atom. The summed E-state index contributed by atoms with van der Waals surface area (Å²) in [6.45, 7) is 5.93. The summed E-state index contributed by atoms with van der Waals surface area (Å²) in [5.74, 6) is 0. The first-order valence-electron chi connectivity index (χ1n) is 6.29. The normalized spacial score (nSPS) is 40.6. The molecule has 1 unspecified atom stereocenters. The van der Waals surface area contributed by atoms with E-state index in [-0.39, 0.29) is 6.10 Å². The Morgan fingerprint density at radius 2 is 1.73 bits per heavy atom. The van der Waals surface area contributed by atoms with Gasteiger partial charge in [0.05, 0.1) is 6.10 Å². The summed E-state index contributed by atoms with van der Waals surface area (Å²) in [4.78, 5) is 5.07. The van der Waals surface area contributed by atoms with E-state index in [0.29, 0.717) is 6.04 Å². The Hall–Kier alpha value is -0.120. The summed E-state index contributed by atoms with van der Waals surface area (Å²) in [6.07, 6.45) is 4.36. The average Bonchev–Trinajstić information content (AvgIpc) is 2.20. The fraction of sp³-hybridized carbons (Fsp3) is 1.00. The average molecular weight is 212 g/mol. The molecule has 0 amide bonds. The van der Waals surface area contributed by atoms with Gasteiger partial charge >= 0.3 is 0 Å². The van der Waals surface area contributed by atoms with Gasteiger partial charge in [-0.15, -0.1) is 0 Å². The largest absolute Gasteiger partial charge is 0.393 e. The molecular weight excluding hydrogens is 188 g/mol. The predicted molar refractivity (Wildman–Crippen MR) is 61.9 cm³/mol. The second kappa shape index (κ2) is 4.81. The van der Waals surface area contributed by atoms with Crippen LogP contribution in [0.5, 0.6) is 0 Å². The maximum absolute atomic E-state index is 9.51. The maximum atomic E-state index is 9.51. The van der Waals surface area contributed by atoms with Crippen molar-refractivity contribution < 1.29 is 5.11 Å². The van der Waals surface area contributed by atoms with Crippen LogP contribution < -0.4 is 0 Å². The fourth-order valence-electron chi connectivity index (χ4n) is 3.09. The van der Waals surface area contributed by atoms with E-state index in [1.807, 2.05) is 0 Å². The van der Waals surface area contributed by atoms with Gasteiger partial charge in [-0.3, -0.25) is 4.90 Å². The van der Waals surface area contributed by atoms with Crippen LogP contribution in [0.1, 0.15) is 32.6 Å². The number of piperazine rings is 1. The standard InChI is InChI=1S/C12H24N2O/c1-10-9-13(2)7-8-14(10)11-3-5-12(15)6-4-11/h10-12,15H,3-9H2,1-2H3. The molecule has 0 spiro atoms. The summed E-state index contributed by atoms with van der Waals surface area (Å²) in [7, 11) is 2.21. The van der Waals surface area contributed by atoms with Crippen molar-refractivity contribution in [1.82, 2.24) is 9.80 Å². The SMILES string of the molecule is CC1CN(C)CCN1C1CCC(O)CC1. The van der Waals surface area contributed by atoms with E-state index in [2.05, 4.69) is 23.8 Å². The van der Waals surface area contributed by atoms with E-state index in [0.717, 1.165) is 18.9 Å². The number of nitrogens with zero attached hydrogens (tertiary/aromatic N) is 2. The zero-order valence-electron chi connectivity index (χ0n) is 10.0. The molecule has 1 aliphatic heterocycles. The van der Waals surface area contributed by atoms with Gasteiger partial charge in [-0.25, -0.2) is 0 Å². The van der Waals surface area contributed by atoms with Crippen molar-refractivity contribution in [3.05, 3.63) is 0 Å². The molecule has 1 aliphatic carbocycles. The zero-order chi connectivity index (χ0) is 10.8. The lowest BCUT2D eigenvalue weighted by molar-refractivity contribution is 0.0203. The third-order valence-electron chi connectivity index (χ3n) is 4.02. The first-order valence-corrected chi connectivity index (χ1v) is 6.29. The van der Waals surface area contributed by atoms with Crippen molar-refractivity contribution in [2.45, 2.75) is 50.8 Å². The Labute approximate surface area is 93.1 Å². The molecule has 1 saturated carbocycles. The van der Waals surface area contributed by atoms with Crippen molar-refractivity contribution in [3.63, 3.8) is 0 Å². The van der Waals surface area contributed by atoms with Crippen molar-refractivity contribution in [2.75, 3.05) is 26.7 Å². The van der Waals surface area contributed by atoms with Crippen LogP contribution in [0.15, 0.2) is 0 Å². The second-order valence-corrected chi connectivity index (χ2v) is 5.31. The number of aliphatic hydroxyl groups is 1. The number of hydrogen-bond donors (Lipinski definition) is 1. The first kappa shape index (κ1) is 11.4. The summed E-state index contributed by atoms with van der Waals surface area (Å²) in [5.41, 5.74) is 0.